The number of hydrogen-bond donors (Lipinski definition) is 1. The molecule has 0 radical (unpaired) electrons. The number of hydrogen-bond acceptors (Lipinski definition) is 3. The molecule has 0 aromatic carbocycles. The van der Waals surface area contributed by atoms with Crippen molar-refractivity contribution in [1.29, 1.82) is 0 Å². The summed E-state index contributed by atoms with van der Waals surface area (Å²) in [6.07, 6.45) is 1.15. The second kappa shape index (κ2) is 7.30. The Hall–Kier alpha value is -1.06. The lowest BCUT2D eigenvalue weighted by Crippen LogP contribution is -2.19. The fourth-order valence-electron chi connectivity index (χ4n) is 1.77. The Morgan fingerprint density at radius 3 is 2.76 bits per heavy atom. The molecule has 0 fully saturated rings. The van der Waals surface area contributed by atoms with Gasteiger partial charge in [0.25, 0.3) is 0 Å². The maximum Gasteiger partial charge on any atom is 0.118 e. The van der Waals surface area contributed by atoms with Crippen LogP contribution in [0, 0.1) is 0 Å². The highest BCUT2D eigenvalue weighted by atomic mass is 16.3. The van der Waals surface area contributed by atoms with Gasteiger partial charge in [0, 0.05) is 6.54 Å². The molecule has 0 aliphatic carbocycles. The number of nitrogens with one attached hydrogen (secondary N) is 1. The van der Waals surface area contributed by atoms with Crippen LogP contribution in [-0.4, -0.2) is 25.0 Å². The largest absolute Gasteiger partial charge is 0.463 e. The van der Waals surface area contributed by atoms with Crippen molar-refractivity contribution in [2.75, 3.05) is 20.1 Å². The number of nitrogens with zero attached hydrogens (tertiary/aromatic N) is 1. The summed E-state index contributed by atoms with van der Waals surface area (Å²) in [5, 5.41) is 3.33. The quantitative estimate of drug-likeness (QED) is 0.556. The summed E-state index contributed by atoms with van der Waals surface area (Å²) in [6, 6.07) is 4.10. The van der Waals surface area contributed by atoms with Crippen molar-refractivity contribution in [3.05, 3.63) is 35.8 Å². The summed E-state index contributed by atoms with van der Waals surface area (Å²) in [5.74, 6) is 2.03. The molecule has 96 valence electrons. The highest BCUT2D eigenvalue weighted by Crippen LogP contribution is 2.10. The van der Waals surface area contributed by atoms with Crippen molar-refractivity contribution < 1.29 is 4.42 Å². The van der Waals surface area contributed by atoms with Gasteiger partial charge in [0.2, 0.25) is 0 Å². The summed E-state index contributed by atoms with van der Waals surface area (Å²) in [5.41, 5.74) is 1.17. The van der Waals surface area contributed by atoms with Gasteiger partial charge in [0.1, 0.15) is 11.5 Å². The van der Waals surface area contributed by atoms with Crippen LogP contribution in [-0.2, 0) is 13.1 Å². The van der Waals surface area contributed by atoms with E-state index in [0.29, 0.717) is 0 Å². The highest BCUT2D eigenvalue weighted by molar-refractivity contribution is 5.07. The van der Waals surface area contributed by atoms with Crippen LogP contribution in [0.4, 0.5) is 0 Å². The molecule has 1 N–H and O–H groups in total. The average molecular weight is 236 g/mol. The minimum atomic E-state index is 0.818. The molecule has 1 heterocycles. The van der Waals surface area contributed by atoms with Crippen LogP contribution in [0.15, 0.2) is 28.7 Å². The van der Waals surface area contributed by atoms with Gasteiger partial charge in [-0.25, -0.2) is 0 Å². The Morgan fingerprint density at radius 1 is 1.41 bits per heavy atom. The third-order valence-corrected chi connectivity index (χ3v) is 2.41. The van der Waals surface area contributed by atoms with Crippen molar-refractivity contribution in [2.24, 2.45) is 0 Å². The van der Waals surface area contributed by atoms with Crippen molar-refractivity contribution >= 4 is 0 Å². The van der Waals surface area contributed by atoms with Crippen LogP contribution >= 0.6 is 0 Å². The minimum Gasteiger partial charge on any atom is -0.463 e. The highest BCUT2D eigenvalue weighted by Gasteiger charge is 2.05. The van der Waals surface area contributed by atoms with Gasteiger partial charge in [-0.2, -0.15) is 0 Å². The standard InChI is InChI=1S/C14H24N2O/c1-5-8-15-9-13-6-7-14(17-13)11-16(4)10-12(2)3/h6-7,15H,2,5,8-11H2,1,3-4H3. The molecular formula is C14H24N2O. The smallest absolute Gasteiger partial charge is 0.118 e. The predicted octanol–water partition coefficient (Wildman–Crippen LogP) is 2.79. The molecule has 0 spiro atoms. The van der Waals surface area contributed by atoms with Gasteiger partial charge in [0.05, 0.1) is 13.1 Å². The van der Waals surface area contributed by atoms with Crippen LogP contribution in [0.1, 0.15) is 31.8 Å². The second-order valence-electron chi connectivity index (χ2n) is 4.67. The van der Waals surface area contributed by atoms with E-state index in [1.807, 2.05) is 13.0 Å². The van der Waals surface area contributed by atoms with Crippen molar-refractivity contribution in [1.82, 2.24) is 10.2 Å². The maximum atomic E-state index is 5.75. The molecule has 17 heavy (non-hydrogen) atoms. The predicted molar refractivity (Wildman–Crippen MR) is 71.9 cm³/mol. The van der Waals surface area contributed by atoms with Gasteiger partial charge in [-0.15, -0.1) is 0 Å². The van der Waals surface area contributed by atoms with Crippen molar-refractivity contribution in [3.63, 3.8) is 0 Å². The van der Waals surface area contributed by atoms with Gasteiger partial charge >= 0.3 is 0 Å². The molecule has 3 heteroatoms. The molecule has 0 bridgehead atoms. The summed E-state index contributed by atoms with van der Waals surface area (Å²) >= 11 is 0. The van der Waals surface area contributed by atoms with Crippen LogP contribution in [0.2, 0.25) is 0 Å². The second-order valence-corrected chi connectivity index (χ2v) is 4.67. The van der Waals surface area contributed by atoms with Crippen LogP contribution in [0.5, 0.6) is 0 Å². The van der Waals surface area contributed by atoms with Crippen molar-refractivity contribution in [3.8, 4) is 0 Å². The molecule has 0 amide bonds. The van der Waals surface area contributed by atoms with E-state index in [9.17, 15) is 0 Å². The Kier molecular flexibility index (Phi) is 6.01. The topological polar surface area (TPSA) is 28.4 Å². The van der Waals surface area contributed by atoms with E-state index < -0.39 is 0 Å². The molecule has 0 unspecified atom stereocenters. The van der Waals surface area contributed by atoms with Gasteiger partial charge in [-0.05, 0) is 39.1 Å². The minimum absolute atomic E-state index is 0.818. The molecule has 0 saturated heterocycles. The monoisotopic (exact) mass is 236 g/mol. The van der Waals surface area contributed by atoms with E-state index >= 15 is 0 Å². The first-order chi connectivity index (χ1) is 8.11. The summed E-state index contributed by atoms with van der Waals surface area (Å²) < 4.78 is 5.75. The average Bonchev–Trinajstić information content (AvgIpc) is 2.64. The van der Waals surface area contributed by atoms with E-state index in [1.54, 1.807) is 0 Å². The van der Waals surface area contributed by atoms with E-state index in [-0.39, 0.29) is 0 Å². The lowest BCUT2D eigenvalue weighted by Gasteiger charge is -2.14. The van der Waals surface area contributed by atoms with E-state index in [2.05, 4.69) is 36.8 Å². The fourth-order valence-corrected chi connectivity index (χ4v) is 1.77. The maximum absolute atomic E-state index is 5.75. The van der Waals surface area contributed by atoms with Gasteiger partial charge in [-0.3, -0.25) is 4.90 Å². The van der Waals surface area contributed by atoms with Gasteiger partial charge in [0.15, 0.2) is 0 Å². The molecule has 1 aromatic heterocycles. The molecule has 1 rings (SSSR count). The molecule has 0 atom stereocenters. The Balaban J connectivity index is 2.37. The van der Waals surface area contributed by atoms with Crippen LogP contribution in [0.25, 0.3) is 0 Å². The normalized spacial score (nSPS) is 11.1. The van der Waals surface area contributed by atoms with Crippen LogP contribution in [0.3, 0.4) is 0 Å². The summed E-state index contributed by atoms with van der Waals surface area (Å²) in [4.78, 5) is 2.20. The number of rotatable bonds is 8. The first-order valence-corrected chi connectivity index (χ1v) is 6.23. The molecule has 1 aromatic rings. The third kappa shape index (κ3) is 5.71. The third-order valence-electron chi connectivity index (χ3n) is 2.41. The number of furan rings is 1. The van der Waals surface area contributed by atoms with Gasteiger partial charge < -0.3 is 9.73 Å². The van der Waals surface area contributed by atoms with E-state index in [0.717, 1.165) is 44.1 Å². The molecular weight excluding hydrogens is 212 g/mol. The van der Waals surface area contributed by atoms with E-state index in [1.165, 1.54) is 5.57 Å². The molecule has 0 aliphatic heterocycles. The zero-order valence-electron chi connectivity index (χ0n) is 11.3. The van der Waals surface area contributed by atoms with Gasteiger partial charge in [-0.1, -0.05) is 19.1 Å². The fraction of sp³-hybridized carbons (Fsp3) is 0.571. The van der Waals surface area contributed by atoms with Crippen LogP contribution < -0.4 is 5.32 Å². The lowest BCUT2D eigenvalue weighted by atomic mass is 10.3. The Morgan fingerprint density at radius 2 is 2.12 bits per heavy atom. The Labute approximate surface area is 104 Å². The SMILES string of the molecule is C=C(C)CN(C)Cc1ccc(CNCCC)o1. The molecule has 0 aliphatic rings. The zero-order valence-corrected chi connectivity index (χ0v) is 11.3. The zero-order chi connectivity index (χ0) is 12.7. The summed E-state index contributed by atoms with van der Waals surface area (Å²) in [7, 11) is 2.08. The van der Waals surface area contributed by atoms with Crippen molar-refractivity contribution in [2.45, 2.75) is 33.4 Å². The summed E-state index contributed by atoms with van der Waals surface area (Å²) in [6.45, 7) is 11.7. The molecule has 3 nitrogen and oxygen atoms in total. The first-order valence-electron chi connectivity index (χ1n) is 6.23. The molecule has 0 saturated carbocycles. The Bertz CT molecular complexity index is 344. The number of likely N-dealkylation sites (N-methyl/N-ethyl adjacent to an activating group) is 1. The lowest BCUT2D eigenvalue weighted by molar-refractivity contribution is 0.309. The van der Waals surface area contributed by atoms with E-state index in [4.69, 9.17) is 4.42 Å². The first kappa shape index (κ1) is 14.0.